The van der Waals surface area contributed by atoms with Crippen molar-refractivity contribution < 1.29 is 14.3 Å². The van der Waals surface area contributed by atoms with Crippen LogP contribution >= 0.6 is 0 Å². The van der Waals surface area contributed by atoms with Crippen LogP contribution in [0.1, 0.15) is 68.1 Å². The van der Waals surface area contributed by atoms with E-state index in [2.05, 4.69) is 5.32 Å². The van der Waals surface area contributed by atoms with Gasteiger partial charge in [-0.1, -0.05) is 38.1 Å². The SMILES string of the molecule is CCOC(=O)CC(NC(=O)C(CC(C)C)n1ccc(C)cc1=O)c1cccc(-c2c(C)cccc2C)n1. The average molecular weight is 504 g/mol. The van der Waals surface area contributed by atoms with Crippen molar-refractivity contribution >= 4 is 11.9 Å². The third kappa shape index (κ3) is 7.15. The number of esters is 1. The Balaban J connectivity index is 2.00. The summed E-state index contributed by atoms with van der Waals surface area (Å²) in [6, 6.07) is 13.6. The molecule has 0 spiro atoms. The maximum absolute atomic E-state index is 13.7. The first-order chi connectivity index (χ1) is 17.6. The molecule has 2 unspecified atom stereocenters. The molecule has 196 valence electrons. The molecule has 37 heavy (non-hydrogen) atoms. The lowest BCUT2D eigenvalue weighted by Crippen LogP contribution is -2.40. The number of amides is 1. The first-order valence-electron chi connectivity index (χ1n) is 12.8. The Morgan fingerprint density at radius 1 is 1.03 bits per heavy atom. The summed E-state index contributed by atoms with van der Waals surface area (Å²) >= 11 is 0. The molecule has 0 saturated carbocycles. The molecule has 0 aliphatic rings. The molecule has 0 bridgehead atoms. The highest BCUT2D eigenvalue weighted by Crippen LogP contribution is 2.28. The zero-order valence-electron chi connectivity index (χ0n) is 22.6. The Hall–Kier alpha value is -3.74. The summed E-state index contributed by atoms with van der Waals surface area (Å²) in [7, 11) is 0. The van der Waals surface area contributed by atoms with Gasteiger partial charge in [0.05, 0.1) is 30.5 Å². The minimum atomic E-state index is -0.723. The van der Waals surface area contributed by atoms with Gasteiger partial charge in [-0.15, -0.1) is 0 Å². The minimum absolute atomic E-state index is 0.0695. The van der Waals surface area contributed by atoms with Crippen LogP contribution in [-0.4, -0.2) is 28.0 Å². The van der Waals surface area contributed by atoms with E-state index in [0.717, 1.165) is 27.9 Å². The number of benzene rings is 1. The highest BCUT2D eigenvalue weighted by Gasteiger charge is 2.28. The van der Waals surface area contributed by atoms with Gasteiger partial charge >= 0.3 is 5.97 Å². The number of ether oxygens (including phenoxy) is 1. The number of carbonyl (C=O) groups excluding carboxylic acids is 2. The van der Waals surface area contributed by atoms with Crippen LogP contribution in [0.25, 0.3) is 11.3 Å². The van der Waals surface area contributed by atoms with E-state index in [-0.39, 0.29) is 30.4 Å². The fourth-order valence-electron chi connectivity index (χ4n) is 4.53. The topological polar surface area (TPSA) is 90.3 Å². The number of aromatic nitrogens is 2. The van der Waals surface area contributed by atoms with Crippen LogP contribution in [0.3, 0.4) is 0 Å². The zero-order chi connectivity index (χ0) is 27.1. The van der Waals surface area contributed by atoms with Crippen molar-refractivity contribution in [2.75, 3.05) is 6.61 Å². The molecular formula is C30H37N3O4. The van der Waals surface area contributed by atoms with Gasteiger partial charge in [-0.05, 0) is 74.9 Å². The van der Waals surface area contributed by atoms with Crippen LogP contribution < -0.4 is 10.9 Å². The number of nitrogens with zero attached hydrogens (tertiary/aromatic N) is 2. The number of nitrogens with one attached hydrogen (secondary N) is 1. The molecule has 7 nitrogen and oxygen atoms in total. The van der Waals surface area contributed by atoms with E-state index in [4.69, 9.17) is 9.72 Å². The van der Waals surface area contributed by atoms with E-state index in [9.17, 15) is 14.4 Å². The third-order valence-electron chi connectivity index (χ3n) is 6.29. The predicted molar refractivity (Wildman–Crippen MR) is 145 cm³/mol. The summed E-state index contributed by atoms with van der Waals surface area (Å²) in [5.74, 6) is -0.605. The molecule has 7 heteroatoms. The number of aryl methyl sites for hydroxylation is 3. The van der Waals surface area contributed by atoms with Crippen LogP contribution in [0.15, 0.2) is 59.5 Å². The van der Waals surface area contributed by atoms with Gasteiger partial charge in [0, 0.05) is 17.8 Å². The Labute approximate surface area is 218 Å². The summed E-state index contributed by atoms with van der Waals surface area (Å²) in [6.45, 7) is 11.9. The molecule has 1 aromatic carbocycles. The third-order valence-corrected chi connectivity index (χ3v) is 6.29. The van der Waals surface area contributed by atoms with E-state index in [0.29, 0.717) is 12.1 Å². The van der Waals surface area contributed by atoms with Crippen molar-refractivity contribution in [2.45, 2.75) is 66.5 Å². The molecular weight excluding hydrogens is 466 g/mol. The van der Waals surface area contributed by atoms with Crippen LogP contribution in [0, 0.1) is 26.7 Å². The molecule has 1 amide bonds. The standard InChI is InChI=1S/C30H37N3O4/c1-7-37-28(35)18-25(23-12-9-13-24(31-23)29-21(5)10-8-11-22(29)6)32-30(36)26(16-19(2)3)33-15-14-20(4)17-27(33)34/h8-15,17,19,25-26H,7,16,18H2,1-6H3,(H,32,36). The van der Waals surface area contributed by atoms with E-state index in [1.54, 1.807) is 19.2 Å². The number of carbonyl (C=O) groups is 2. The Morgan fingerprint density at radius 3 is 2.32 bits per heavy atom. The van der Waals surface area contributed by atoms with Crippen molar-refractivity contribution in [3.8, 4) is 11.3 Å². The smallest absolute Gasteiger partial charge is 0.308 e. The summed E-state index contributed by atoms with van der Waals surface area (Å²) < 4.78 is 6.66. The lowest BCUT2D eigenvalue weighted by Gasteiger charge is -2.25. The summed E-state index contributed by atoms with van der Waals surface area (Å²) in [4.78, 5) is 43.8. The van der Waals surface area contributed by atoms with E-state index in [1.165, 1.54) is 10.6 Å². The Kier molecular flexibility index (Phi) is 9.39. The fraction of sp³-hybridized carbons (Fsp3) is 0.400. The summed E-state index contributed by atoms with van der Waals surface area (Å²) in [5, 5.41) is 3.01. The van der Waals surface area contributed by atoms with Gasteiger partial charge in [-0.25, -0.2) is 0 Å². The lowest BCUT2D eigenvalue weighted by molar-refractivity contribution is -0.144. The summed E-state index contributed by atoms with van der Waals surface area (Å²) in [5.41, 5.74) is 5.12. The Bertz CT molecular complexity index is 1290. The zero-order valence-corrected chi connectivity index (χ0v) is 22.6. The van der Waals surface area contributed by atoms with Gasteiger partial charge in [-0.3, -0.25) is 19.4 Å². The van der Waals surface area contributed by atoms with Crippen LogP contribution in [0.5, 0.6) is 0 Å². The van der Waals surface area contributed by atoms with E-state index >= 15 is 0 Å². The molecule has 3 rings (SSSR count). The predicted octanol–water partition coefficient (Wildman–Crippen LogP) is 5.23. The maximum Gasteiger partial charge on any atom is 0.308 e. The number of rotatable bonds is 10. The monoisotopic (exact) mass is 503 g/mol. The first-order valence-corrected chi connectivity index (χ1v) is 12.8. The van der Waals surface area contributed by atoms with Gasteiger partial charge in [0.2, 0.25) is 5.91 Å². The molecule has 0 aliphatic carbocycles. The molecule has 0 radical (unpaired) electrons. The quantitative estimate of drug-likeness (QED) is 0.383. The molecule has 2 heterocycles. The van der Waals surface area contributed by atoms with Gasteiger partial charge in [-0.2, -0.15) is 0 Å². The number of hydrogen-bond acceptors (Lipinski definition) is 5. The number of hydrogen-bond donors (Lipinski definition) is 1. The molecule has 2 atom stereocenters. The van der Waals surface area contributed by atoms with Gasteiger partial charge in [0.25, 0.3) is 5.56 Å². The minimum Gasteiger partial charge on any atom is -0.466 e. The van der Waals surface area contributed by atoms with Crippen molar-refractivity contribution in [3.63, 3.8) is 0 Å². The van der Waals surface area contributed by atoms with Gasteiger partial charge in [0.15, 0.2) is 0 Å². The number of pyridine rings is 2. The van der Waals surface area contributed by atoms with Crippen LogP contribution in [0.2, 0.25) is 0 Å². The van der Waals surface area contributed by atoms with Gasteiger partial charge < -0.3 is 14.6 Å². The molecule has 0 saturated heterocycles. The second kappa shape index (κ2) is 12.5. The van der Waals surface area contributed by atoms with Crippen LogP contribution in [0.4, 0.5) is 0 Å². The van der Waals surface area contributed by atoms with Gasteiger partial charge in [0.1, 0.15) is 6.04 Å². The van der Waals surface area contributed by atoms with Crippen molar-refractivity contribution in [3.05, 3.63) is 87.5 Å². The summed E-state index contributed by atoms with van der Waals surface area (Å²) in [6.07, 6.45) is 2.06. The highest BCUT2D eigenvalue weighted by atomic mass is 16.5. The first kappa shape index (κ1) is 27.8. The molecule has 1 N–H and O–H groups in total. The highest BCUT2D eigenvalue weighted by molar-refractivity contribution is 5.81. The van der Waals surface area contributed by atoms with E-state index in [1.807, 2.05) is 71.0 Å². The van der Waals surface area contributed by atoms with Crippen molar-refractivity contribution in [2.24, 2.45) is 5.92 Å². The molecule has 0 fully saturated rings. The fourth-order valence-corrected chi connectivity index (χ4v) is 4.53. The van der Waals surface area contributed by atoms with Crippen molar-refractivity contribution in [1.82, 2.24) is 14.9 Å². The molecule has 0 aliphatic heterocycles. The maximum atomic E-state index is 13.7. The Morgan fingerprint density at radius 2 is 1.70 bits per heavy atom. The molecule has 3 aromatic rings. The normalized spacial score (nSPS) is 12.7. The average Bonchev–Trinajstić information content (AvgIpc) is 2.82. The van der Waals surface area contributed by atoms with Crippen molar-refractivity contribution in [1.29, 1.82) is 0 Å². The largest absolute Gasteiger partial charge is 0.466 e. The second-order valence-corrected chi connectivity index (χ2v) is 9.88. The van der Waals surface area contributed by atoms with E-state index < -0.39 is 18.1 Å². The second-order valence-electron chi connectivity index (χ2n) is 9.88. The van der Waals surface area contributed by atoms with Crippen LogP contribution in [-0.2, 0) is 14.3 Å². The lowest BCUT2D eigenvalue weighted by atomic mass is 9.98. The molecule has 2 aromatic heterocycles.